The first-order chi connectivity index (χ1) is 14.0. The third kappa shape index (κ3) is 3.47. The van der Waals surface area contributed by atoms with Gasteiger partial charge in [-0.1, -0.05) is 48.5 Å². The van der Waals surface area contributed by atoms with Gasteiger partial charge in [0, 0.05) is 13.0 Å². The number of hydrogen-bond acceptors (Lipinski definition) is 5. The molecular weight excluding hydrogens is 374 g/mol. The Balaban J connectivity index is 1.54. The van der Waals surface area contributed by atoms with Gasteiger partial charge in [0.15, 0.2) is 12.3 Å². The van der Waals surface area contributed by atoms with Crippen LogP contribution in [0.4, 0.5) is 4.79 Å². The van der Waals surface area contributed by atoms with E-state index in [-0.39, 0.29) is 19.1 Å². The van der Waals surface area contributed by atoms with E-state index in [1.807, 2.05) is 36.4 Å². The molecule has 2 aromatic rings. The van der Waals surface area contributed by atoms with Crippen molar-refractivity contribution in [2.75, 3.05) is 20.3 Å². The third-order valence-corrected chi connectivity index (χ3v) is 5.58. The van der Waals surface area contributed by atoms with Crippen LogP contribution in [0.15, 0.2) is 48.5 Å². The number of carbonyl (C=O) groups excluding carboxylic acids is 1. The Morgan fingerprint density at radius 2 is 1.69 bits per heavy atom. The van der Waals surface area contributed by atoms with Crippen molar-refractivity contribution in [2.24, 2.45) is 0 Å². The summed E-state index contributed by atoms with van der Waals surface area (Å²) in [6, 6.07) is 15.0. The second-order valence-electron chi connectivity index (χ2n) is 7.25. The summed E-state index contributed by atoms with van der Waals surface area (Å²) in [6.07, 6.45) is -2.09. The lowest BCUT2D eigenvalue weighted by molar-refractivity contribution is -0.211. The van der Waals surface area contributed by atoms with Crippen LogP contribution in [0.3, 0.4) is 0 Å². The first-order valence-corrected chi connectivity index (χ1v) is 9.54. The monoisotopic (exact) mass is 397 g/mol. The third-order valence-electron chi connectivity index (χ3n) is 5.58. The van der Waals surface area contributed by atoms with Crippen LogP contribution in [0, 0.1) is 0 Å². The van der Waals surface area contributed by atoms with Crippen molar-refractivity contribution in [3.63, 3.8) is 0 Å². The molecule has 0 aromatic heterocycles. The van der Waals surface area contributed by atoms with E-state index in [1.54, 1.807) is 6.92 Å². The number of fused-ring (bicyclic) bond motifs is 3. The number of nitrogens with zero attached hydrogens (tertiary/aromatic N) is 1. The lowest BCUT2D eigenvalue weighted by Gasteiger charge is -2.40. The Bertz CT molecular complexity index is 884. The molecule has 0 unspecified atom stereocenters. The SMILES string of the molecule is CO[C@H]1CN(C(=O)OCC2c3ccccc3-c3ccccc32)[C@H](C(=O)O)[C@@H](C)O1. The van der Waals surface area contributed by atoms with E-state index in [1.165, 1.54) is 12.0 Å². The average molecular weight is 397 g/mol. The molecular formula is C22H23NO6. The van der Waals surface area contributed by atoms with Crippen LogP contribution in [0.5, 0.6) is 0 Å². The molecule has 3 atom stereocenters. The van der Waals surface area contributed by atoms with Crippen LogP contribution in [0.1, 0.15) is 24.0 Å². The molecule has 0 spiro atoms. The van der Waals surface area contributed by atoms with Crippen LogP contribution in [-0.2, 0) is 19.0 Å². The highest BCUT2D eigenvalue weighted by molar-refractivity contribution is 5.81. The van der Waals surface area contributed by atoms with Gasteiger partial charge in [0.1, 0.15) is 6.61 Å². The Morgan fingerprint density at radius 3 is 2.24 bits per heavy atom. The number of morpholine rings is 1. The second-order valence-corrected chi connectivity index (χ2v) is 7.25. The summed E-state index contributed by atoms with van der Waals surface area (Å²) in [5.74, 6) is -1.23. The van der Waals surface area contributed by atoms with Crippen molar-refractivity contribution >= 4 is 12.1 Å². The fourth-order valence-corrected chi connectivity index (χ4v) is 4.21. The van der Waals surface area contributed by atoms with Gasteiger partial charge in [0.25, 0.3) is 0 Å². The van der Waals surface area contributed by atoms with Gasteiger partial charge in [-0.2, -0.15) is 0 Å². The zero-order valence-corrected chi connectivity index (χ0v) is 16.3. The van der Waals surface area contributed by atoms with E-state index in [2.05, 4.69) is 12.1 Å². The summed E-state index contributed by atoms with van der Waals surface area (Å²) in [7, 11) is 1.45. The van der Waals surface area contributed by atoms with E-state index in [0.29, 0.717) is 0 Å². The summed E-state index contributed by atoms with van der Waals surface area (Å²) in [5, 5.41) is 9.56. The molecule has 1 saturated heterocycles. The van der Waals surface area contributed by atoms with Gasteiger partial charge in [-0.05, 0) is 29.2 Å². The molecule has 4 rings (SSSR count). The summed E-state index contributed by atoms with van der Waals surface area (Å²) in [5.41, 5.74) is 4.46. The minimum absolute atomic E-state index is 0.00548. The number of rotatable bonds is 4. The minimum atomic E-state index is -1.14. The number of benzene rings is 2. The zero-order valence-electron chi connectivity index (χ0n) is 16.3. The van der Waals surface area contributed by atoms with E-state index in [0.717, 1.165) is 22.3 Å². The molecule has 1 heterocycles. The topological polar surface area (TPSA) is 85.3 Å². The molecule has 1 aliphatic carbocycles. The fraction of sp³-hybridized carbons (Fsp3) is 0.364. The van der Waals surface area contributed by atoms with Gasteiger partial charge >= 0.3 is 12.1 Å². The van der Waals surface area contributed by atoms with Crippen LogP contribution < -0.4 is 0 Å². The number of hydrogen-bond donors (Lipinski definition) is 1. The number of carbonyl (C=O) groups is 2. The molecule has 7 nitrogen and oxygen atoms in total. The van der Waals surface area contributed by atoms with Gasteiger partial charge in [0.05, 0.1) is 12.6 Å². The summed E-state index contributed by atoms with van der Waals surface area (Å²) in [6.45, 7) is 1.73. The highest BCUT2D eigenvalue weighted by atomic mass is 16.7. The molecule has 1 N–H and O–H groups in total. The number of aliphatic carboxylic acids is 1. The Hall–Kier alpha value is -2.90. The molecule has 1 aliphatic heterocycles. The number of amides is 1. The average Bonchev–Trinajstić information content (AvgIpc) is 3.05. The van der Waals surface area contributed by atoms with Crippen LogP contribution in [0.25, 0.3) is 11.1 Å². The smallest absolute Gasteiger partial charge is 0.410 e. The van der Waals surface area contributed by atoms with E-state index in [9.17, 15) is 14.7 Å². The number of ether oxygens (including phenoxy) is 3. The predicted molar refractivity (Wildman–Crippen MR) is 105 cm³/mol. The second kappa shape index (κ2) is 7.85. The number of carboxylic acids is 1. The highest BCUT2D eigenvalue weighted by Gasteiger charge is 2.43. The number of carboxylic acid groups (broad SMARTS) is 1. The largest absolute Gasteiger partial charge is 0.480 e. The molecule has 0 bridgehead atoms. The number of methoxy groups -OCH3 is 1. The molecule has 2 aromatic carbocycles. The Morgan fingerprint density at radius 1 is 1.10 bits per heavy atom. The normalized spacial score (nSPS) is 23.4. The first kappa shape index (κ1) is 19.4. The zero-order chi connectivity index (χ0) is 20.5. The van der Waals surface area contributed by atoms with Crippen molar-refractivity contribution in [2.45, 2.75) is 31.3 Å². The molecule has 1 amide bonds. The van der Waals surface area contributed by atoms with Gasteiger partial charge in [-0.25, -0.2) is 9.59 Å². The van der Waals surface area contributed by atoms with E-state index >= 15 is 0 Å². The maximum absolute atomic E-state index is 12.8. The van der Waals surface area contributed by atoms with Crippen molar-refractivity contribution in [3.05, 3.63) is 59.7 Å². The van der Waals surface area contributed by atoms with Crippen LogP contribution in [0.2, 0.25) is 0 Å². The lowest BCUT2D eigenvalue weighted by atomic mass is 9.98. The minimum Gasteiger partial charge on any atom is -0.480 e. The molecule has 152 valence electrons. The standard InChI is InChI=1S/C22H23NO6/c1-13-20(21(24)25)23(11-19(27-2)29-13)22(26)28-12-18-16-9-5-3-7-14(16)15-8-4-6-10-17(15)18/h3-10,13,18-20H,11-12H2,1-2H3,(H,24,25)/t13-,19-,20+/m1/s1. The quantitative estimate of drug-likeness (QED) is 0.853. The van der Waals surface area contributed by atoms with E-state index < -0.39 is 30.5 Å². The van der Waals surface area contributed by atoms with Crippen molar-refractivity contribution in [1.29, 1.82) is 0 Å². The lowest BCUT2D eigenvalue weighted by Crippen LogP contribution is -2.59. The highest BCUT2D eigenvalue weighted by Crippen LogP contribution is 2.44. The van der Waals surface area contributed by atoms with Crippen LogP contribution in [-0.4, -0.2) is 60.8 Å². The molecule has 0 saturated carbocycles. The van der Waals surface area contributed by atoms with Gasteiger partial charge in [-0.15, -0.1) is 0 Å². The first-order valence-electron chi connectivity index (χ1n) is 9.54. The predicted octanol–water partition coefficient (Wildman–Crippen LogP) is 3.08. The van der Waals surface area contributed by atoms with Crippen molar-refractivity contribution in [1.82, 2.24) is 4.90 Å². The summed E-state index contributed by atoms with van der Waals surface area (Å²) >= 11 is 0. The fourth-order valence-electron chi connectivity index (χ4n) is 4.21. The van der Waals surface area contributed by atoms with Gasteiger partial charge < -0.3 is 19.3 Å². The Kier molecular flexibility index (Phi) is 5.25. The van der Waals surface area contributed by atoms with E-state index in [4.69, 9.17) is 14.2 Å². The summed E-state index contributed by atoms with van der Waals surface area (Å²) in [4.78, 5) is 25.7. The van der Waals surface area contributed by atoms with Gasteiger partial charge in [-0.3, -0.25) is 4.90 Å². The maximum Gasteiger partial charge on any atom is 0.410 e. The molecule has 7 heteroatoms. The molecule has 2 aliphatic rings. The van der Waals surface area contributed by atoms with Crippen LogP contribution >= 0.6 is 0 Å². The molecule has 0 radical (unpaired) electrons. The summed E-state index contributed by atoms with van der Waals surface area (Å²) < 4.78 is 16.3. The Labute approximate surface area is 168 Å². The molecule has 1 fully saturated rings. The van der Waals surface area contributed by atoms with Crippen molar-refractivity contribution < 1.29 is 28.9 Å². The molecule has 29 heavy (non-hydrogen) atoms. The van der Waals surface area contributed by atoms with Gasteiger partial charge in [0.2, 0.25) is 0 Å². The maximum atomic E-state index is 12.8. The van der Waals surface area contributed by atoms with Crippen molar-refractivity contribution in [3.8, 4) is 11.1 Å².